The lowest BCUT2D eigenvalue weighted by Crippen LogP contribution is -2.33. The molecule has 6 nitrogen and oxygen atoms in total. The van der Waals surface area contributed by atoms with Gasteiger partial charge < -0.3 is 14.8 Å². The summed E-state index contributed by atoms with van der Waals surface area (Å²) in [6, 6.07) is 10.0. The number of imidazole rings is 1. The number of aryl methyl sites for hydroxylation is 3. The molecule has 0 aliphatic carbocycles. The van der Waals surface area contributed by atoms with Crippen molar-refractivity contribution in [3.8, 4) is 0 Å². The number of benzene rings is 1. The molecule has 2 amide bonds. The number of carbonyl (C=O) groups excluding carboxylic acids is 1. The fourth-order valence-electron chi connectivity index (χ4n) is 3.95. The van der Waals surface area contributed by atoms with Crippen molar-refractivity contribution in [3.05, 3.63) is 53.5 Å². The zero-order valence-electron chi connectivity index (χ0n) is 16.8. The minimum absolute atomic E-state index is 0.0347. The summed E-state index contributed by atoms with van der Waals surface area (Å²) in [5.41, 5.74) is 4.98. The molecule has 28 heavy (non-hydrogen) atoms. The Bertz CT molecular complexity index is 1010. The van der Waals surface area contributed by atoms with Crippen molar-refractivity contribution in [1.82, 2.24) is 19.4 Å². The van der Waals surface area contributed by atoms with Gasteiger partial charge in [0.05, 0.1) is 0 Å². The maximum Gasteiger partial charge on any atom is 0.321 e. The van der Waals surface area contributed by atoms with Gasteiger partial charge in [0.25, 0.3) is 0 Å². The van der Waals surface area contributed by atoms with Gasteiger partial charge in [-0.05, 0) is 56.0 Å². The molecule has 1 N–H and O–H groups in total. The zero-order valence-corrected chi connectivity index (χ0v) is 16.8. The van der Waals surface area contributed by atoms with Crippen molar-refractivity contribution in [1.29, 1.82) is 0 Å². The van der Waals surface area contributed by atoms with E-state index < -0.39 is 0 Å². The maximum absolute atomic E-state index is 12.8. The molecule has 1 aliphatic heterocycles. The van der Waals surface area contributed by atoms with Gasteiger partial charge in [0.15, 0.2) is 5.65 Å². The molecule has 0 radical (unpaired) electrons. The molecule has 0 saturated carbocycles. The van der Waals surface area contributed by atoms with E-state index in [0.717, 1.165) is 59.7 Å². The molecule has 6 heteroatoms. The molecule has 3 aromatic rings. The summed E-state index contributed by atoms with van der Waals surface area (Å²) in [5.74, 6) is 1.29. The van der Waals surface area contributed by atoms with Gasteiger partial charge in [0.1, 0.15) is 11.3 Å². The summed E-state index contributed by atoms with van der Waals surface area (Å²) in [5, 5.41) is 3.08. The number of likely N-dealkylation sites (tertiary alicyclic amines) is 1. The summed E-state index contributed by atoms with van der Waals surface area (Å²) in [6.45, 7) is 8.54. The van der Waals surface area contributed by atoms with Gasteiger partial charge in [-0.25, -0.2) is 14.8 Å². The van der Waals surface area contributed by atoms with Crippen LogP contribution in [0.4, 0.5) is 10.5 Å². The normalized spacial score (nSPS) is 16.7. The summed E-state index contributed by atoms with van der Waals surface area (Å²) in [7, 11) is 0. The summed E-state index contributed by atoms with van der Waals surface area (Å²) in [6.07, 6.45) is 3.77. The van der Waals surface area contributed by atoms with Crippen LogP contribution in [0.15, 0.2) is 36.5 Å². The first-order valence-corrected chi connectivity index (χ1v) is 10.0. The Labute approximate surface area is 165 Å². The van der Waals surface area contributed by atoms with Crippen LogP contribution in [0.3, 0.4) is 0 Å². The van der Waals surface area contributed by atoms with E-state index in [9.17, 15) is 4.79 Å². The minimum atomic E-state index is -0.0347. The quantitative estimate of drug-likeness (QED) is 0.729. The van der Waals surface area contributed by atoms with E-state index in [1.54, 1.807) is 0 Å². The van der Waals surface area contributed by atoms with Crippen molar-refractivity contribution >= 4 is 22.9 Å². The lowest BCUT2D eigenvalue weighted by molar-refractivity contribution is 0.222. The Morgan fingerprint density at radius 2 is 2.14 bits per heavy atom. The number of urea groups is 1. The van der Waals surface area contributed by atoms with Crippen LogP contribution in [0.5, 0.6) is 0 Å². The molecule has 2 aromatic heterocycles. The van der Waals surface area contributed by atoms with Gasteiger partial charge in [-0.15, -0.1) is 0 Å². The second-order valence-electron chi connectivity index (χ2n) is 7.65. The monoisotopic (exact) mass is 377 g/mol. The lowest BCUT2D eigenvalue weighted by Gasteiger charge is -2.19. The average molecular weight is 377 g/mol. The van der Waals surface area contributed by atoms with Crippen LogP contribution in [0.1, 0.15) is 42.6 Å². The molecule has 1 aromatic carbocycles. The number of aromatic nitrogens is 3. The first-order valence-electron chi connectivity index (χ1n) is 10.0. The van der Waals surface area contributed by atoms with E-state index in [1.807, 2.05) is 49.2 Å². The van der Waals surface area contributed by atoms with Crippen LogP contribution in [0, 0.1) is 13.8 Å². The predicted octanol–water partition coefficient (Wildman–Crippen LogP) is 4.48. The highest BCUT2D eigenvalue weighted by Gasteiger charge is 2.31. The van der Waals surface area contributed by atoms with E-state index in [2.05, 4.69) is 27.9 Å². The van der Waals surface area contributed by atoms with Crippen molar-refractivity contribution in [3.63, 3.8) is 0 Å². The Hall–Kier alpha value is -2.89. The summed E-state index contributed by atoms with van der Waals surface area (Å²) >= 11 is 0. The van der Waals surface area contributed by atoms with E-state index in [1.165, 1.54) is 0 Å². The van der Waals surface area contributed by atoms with E-state index in [-0.39, 0.29) is 11.9 Å². The van der Waals surface area contributed by atoms with Gasteiger partial charge in [-0.3, -0.25) is 0 Å². The third-order valence-corrected chi connectivity index (χ3v) is 5.46. The molecule has 0 bridgehead atoms. The van der Waals surface area contributed by atoms with Crippen LogP contribution in [0.25, 0.3) is 11.2 Å². The van der Waals surface area contributed by atoms with Gasteiger partial charge in [0, 0.05) is 37.4 Å². The van der Waals surface area contributed by atoms with Gasteiger partial charge in [-0.1, -0.05) is 19.1 Å². The average Bonchev–Trinajstić information content (AvgIpc) is 3.30. The van der Waals surface area contributed by atoms with Crippen molar-refractivity contribution in [2.45, 2.75) is 46.1 Å². The SMILES string of the molecule is CCCn1c(C2CCN(C(=O)Nc3cc(C)ccc3C)C2)nc2cccnc21. The highest BCUT2D eigenvalue weighted by Crippen LogP contribution is 2.30. The maximum atomic E-state index is 12.8. The lowest BCUT2D eigenvalue weighted by atomic mass is 10.1. The fraction of sp³-hybridized carbons (Fsp3) is 0.409. The molecule has 1 saturated heterocycles. The number of hydrogen-bond donors (Lipinski definition) is 1. The Kier molecular flexibility index (Phi) is 5.03. The molecule has 1 fully saturated rings. The Balaban J connectivity index is 1.52. The number of hydrogen-bond acceptors (Lipinski definition) is 3. The van der Waals surface area contributed by atoms with Crippen LogP contribution in [-0.4, -0.2) is 38.6 Å². The number of rotatable bonds is 4. The third-order valence-electron chi connectivity index (χ3n) is 5.46. The second kappa shape index (κ2) is 7.62. The zero-order chi connectivity index (χ0) is 19.7. The number of carbonyl (C=O) groups is 1. The molecule has 3 heterocycles. The molecule has 0 spiro atoms. The highest BCUT2D eigenvalue weighted by molar-refractivity contribution is 5.90. The third kappa shape index (κ3) is 3.46. The van der Waals surface area contributed by atoms with Crippen LogP contribution < -0.4 is 5.32 Å². The van der Waals surface area contributed by atoms with Crippen LogP contribution in [0.2, 0.25) is 0 Å². The second-order valence-corrected chi connectivity index (χ2v) is 7.65. The number of fused-ring (bicyclic) bond motifs is 1. The first kappa shape index (κ1) is 18.5. The van der Waals surface area contributed by atoms with Gasteiger partial charge in [-0.2, -0.15) is 0 Å². The van der Waals surface area contributed by atoms with Crippen LogP contribution in [-0.2, 0) is 6.54 Å². The van der Waals surface area contributed by atoms with Crippen LogP contribution >= 0.6 is 0 Å². The Morgan fingerprint density at radius 3 is 2.96 bits per heavy atom. The molecular formula is C22H27N5O. The largest absolute Gasteiger partial charge is 0.324 e. The summed E-state index contributed by atoms with van der Waals surface area (Å²) < 4.78 is 2.23. The van der Waals surface area contributed by atoms with Gasteiger partial charge in [0.2, 0.25) is 0 Å². The van der Waals surface area contributed by atoms with E-state index in [4.69, 9.17) is 4.98 Å². The smallest absolute Gasteiger partial charge is 0.321 e. The van der Waals surface area contributed by atoms with E-state index in [0.29, 0.717) is 6.54 Å². The number of amides is 2. The van der Waals surface area contributed by atoms with Gasteiger partial charge >= 0.3 is 6.03 Å². The van der Waals surface area contributed by atoms with Crippen molar-refractivity contribution in [2.75, 3.05) is 18.4 Å². The number of pyridine rings is 1. The molecule has 1 atom stereocenters. The minimum Gasteiger partial charge on any atom is -0.324 e. The molecule has 1 unspecified atom stereocenters. The molecule has 146 valence electrons. The highest BCUT2D eigenvalue weighted by atomic mass is 16.2. The Morgan fingerprint density at radius 1 is 1.29 bits per heavy atom. The molecule has 4 rings (SSSR count). The predicted molar refractivity (Wildman–Crippen MR) is 112 cm³/mol. The summed E-state index contributed by atoms with van der Waals surface area (Å²) in [4.78, 5) is 24.1. The van der Waals surface area contributed by atoms with E-state index >= 15 is 0 Å². The topological polar surface area (TPSA) is 63.1 Å². The molecular weight excluding hydrogens is 350 g/mol. The number of nitrogens with zero attached hydrogens (tertiary/aromatic N) is 4. The van der Waals surface area contributed by atoms with Crippen molar-refractivity contribution in [2.24, 2.45) is 0 Å². The first-order chi connectivity index (χ1) is 13.6. The standard InChI is InChI=1S/C22H27N5O/c1-4-11-27-20(24-18-6-5-10-23-21(18)27)17-9-12-26(14-17)22(28)25-19-13-15(2)7-8-16(19)3/h5-8,10,13,17H,4,9,11-12,14H2,1-3H3,(H,25,28). The molecule has 1 aliphatic rings. The van der Waals surface area contributed by atoms with Crippen molar-refractivity contribution < 1.29 is 4.79 Å². The fourth-order valence-corrected chi connectivity index (χ4v) is 3.95. The number of nitrogens with one attached hydrogen (secondary N) is 1. The number of anilines is 1.